The number of ether oxygens (including phenoxy) is 1. The minimum Gasteiger partial charge on any atom is -0.500 e. The molecule has 0 spiro atoms. The SMILES string of the molecule is CCOc1cc(C2C3=C(CCCC3=O)N(CCc3ccccc3)C3=C2C(=O)CCC3)cc([N+](=O)[O-])c1O. The Hall–Kier alpha value is -3.94. The molecule has 0 atom stereocenters. The van der Waals surface area contributed by atoms with Crippen LogP contribution in [-0.4, -0.2) is 39.6 Å². The normalized spacial score (nSPS) is 18.1. The molecule has 0 fully saturated rings. The number of nitrogens with zero attached hydrogens (tertiary/aromatic N) is 2. The van der Waals surface area contributed by atoms with E-state index in [1.807, 2.05) is 18.2 Å². The average Bonchev–Trinajstić information content (AvgIpc) is 2.89. The quantitative estimate of drug-likeness (QED) is 0.401. The van der Waals surface area contributed by atoms with Gasteiger partial charge >= 0.3 is 5.69 Å². The number of Topliss-reactive ketones (excluding diaryl/α,β-unsaturated/α-hetero) is 2. The minimum atomic E-state index is -0.711. The number of hydrogen-bond acceptors (Lipinski definition) is 7. The van der Waals surface area contributed by atoms with Crippen LogP contribution in [0.4, 0.5) is 5.69 Å². The van der Waals surface area contributed by atoms with E-state index in [4.69, 9.17) is 4.74 Å². The second kappa shape index (κ2) is 10.2. The number of aromatic hydroxyl groups is 1. The number of allylic oxidation sites excluding steroid dienone is 4. The first kappa shape index (κ1) is 24.7. The molecule has 0 amide bonds. The van der Waals surface area contributed by atoms with Gasteiger partial charge in [0.1, 0.15) is 0 Å². The first-order valence-electron chi connectivity index (χ1n) is 12.9. The zero-order valence-electron chi connectivity index (χ0n) is 20.9. The molecule has 3 aliphatic rings. The van der Waals surface area contributed by atoms with Gasteiger partial charge in [0, 0.05) is 53.9 Å². The standard InChI is InChI=1S/C29H30N2O6/c1-2-37-25-17-19(16-22(29(25)34)31(35)36)26-27-20(10-6-12-23(27)32)30(15-14-18-8-4-3-5-9-18)21-11-7-13-24(33)28(21)26/h3-5,8-9,16-17,26,34H,2,6-7,10-15H2,1H3. The lowest BCUT2D eigenvalue weighted by Crippen LogP contribution is -2.40. The van der Waals surface area contributed by atoms with E-state index < -0.39 is 22.3 Å². The van der Waals surface area contributed by atoms with Gasteiger partial charge in [0.2, 0.25) is 5.75 Å². The van der Waals surface area contributed by atoms with Gasteiger partial charge in [-0.2, -0.15) is 0 Å². The Morgan fingerprint density at radius 3 is 2.19 bits per heavy atom. The molecule has 192 valence electrons. The first-order chi connectivity index (χ1) is 17.9. The lowest BCUT2D eigenvalue weighted by molar-refractivity contribution is -0.386. The van der Waals surface area contributed by atoms with Crippen molar-refractivity contribution in [2.45, 2.75) is 57.8 Å². The van der Waals surface area contributed by atoms with Gasteiger partial charge in [0.05, 0.1) is 11.5 Å². The molecule has 2 aromatic rings. The topological polar surface area (TPSA) is 110 Å². The Balaban J connectivity index is 1.68. The van der Waals surface area contributed by atoms with E-state index in [-0.39, 0.29) is 23.9 Å². The lowest BCUT2D eigenvalue weighted by atomic mass is 9.70. The van der Waals surface area contributed by atoms with E-state index in [1.165, 1.54) is 11.6 Å². The Bertz CT molecular complexity index is 1280. The molecule has 5 rings (SSSR count). The van der Waals surface area contributed by atoms with Crippen LogP contribution in [0.2, 0.25) is 0 Å². The van der Waals surface area contributed by atoms with E-state index in [0.717, 1.165) is 30.7 Å². The minimum absolute atomic E-state index is 0.0194. The Morgan fingerprint density at radius 2 is 1.62 bits per heavy atom. The van der Waals surface area contributed by atoms with Gasteiger partial charge in [0.15, 0.2) is 17.3 Å². The van der Waals surface area contributed by atoms with Gasteiger partial charge in [-0.05, 0) is 56.2 Å². The molecule has 37 heavy (non-hydrogen) atoms. The number of nitro benzene ring substituents is 1. The van der Waals surface area contributed by atoms with Gasteiger partial charge in [0.25, 0.3) is 0 Å². The predicted octanol–water partition coefficient (Wildman–Crippen LogP) is 5.36. The third-order valence-electron chi connectivity index (χ3n) is 7.46. The highest BCUT2D eigenvalue weighted by Crippen LogP contribution is 2.51. The number of rotatable bonds is 7. The molecule has 2 aliphatic carbocycles. The van der Waals surface area contributed by atoms with Crippen LogP contribution in [0.1, 0.15) is 62.5 Å². The summed E-state index contributed by atoms with van der Waals surface area (Å²) in [5.41, 5.74) is 4.04. The number of carbonyl (C=O) groups is 2. The van der Waals surface area contributed by atoms with Crippen molar-refractivity contribution < 1.29 is 24.4 Å². The fraction of sp³-hybridized carbons (Fsp3) is 0.379. The van der Waals surface area contributed by atoms with Crippen LogP contribution in [-0.2, 0) is 16.0 Å². The summed E-state index contributed by atoms with van der Waals surface area (Å²) >= 11 is 0. The predicted molar refractivity (Wildman–Crippen MR) is 137 cm³/mol. The molecule has 0 saturated heterocycles. The number of nitro groups is 1. The average molecular weight is 503 g/mol. The fourth-order valence-corrected chi connectivity index (χ4v) is 5.89. The summed E-state index contributed by atoms with van der Waals surface area (Å²) in [6, 6.07) is 13.0. The van der Waals surface area contributed by atoms with Gasteiger partial charge in [-0.25, -0.2) is 0 Å². The molecule has 0 saturated carbocycles. The zero-order chi connectivity index (χ0) is 26.1. The van der Waals surface area contributed by atoms with Crippen molar-refractivity contribution >= 4 is 17.3 Å². The zero-order valence-corrected chi connectivity index (χ0v) is 20.9. The molecule has 8 nitrogen and oxygen atoms in total. The summed E-state index contributed by atoms with van der Waals surface area (Å²) in [5.74, 6) is -1.35. The van der Waals surface area contributed by atoms with Gasteiger partial charge in [-0.3, -0.25) is 19.7 Å². The van der Waals surface area contributed by atoms with Crippen molar-refractivity contribution in [3.05, 3.63) is 86.2 Å². The highest BCUT2D eigenvalue weighted by Gasteiger charge is 2.44. The second-order valence-electron chi connectivity index (χ2n) is 9.67. The highest BCUT2D eigenvalue weighted by molar-refractivity contribution is 6.06. The summed E-state index contributed by atoms with van der Waals surface area (Å²) in [6.45, 7) is 2.57. The van der Waals surface area contributed by atoms with Crippen molar-refractivity contribution in [3.8, 4) is 11.5 Å². The Labute approximate surface area is 215 Å². The van der Waals surface area contributed by atoms with E-state index in [9.17, 15) is 24.8 Å². The van der Waals surface area contributed by atoms with E-state index in [0.29, 0.717) is 48.9 Å². The molecule has 0 unspecified atom stereocenters. The van der Waals surface area contributed by atoms with E-state index >= 15 is 0 Å². The third kappa shape index (κ3) is 4.52. The molecule has 1 aliphatic heterocycles. The second-order valence-corrected chi connectivity index (χ2v) is 9.67. The molecule has 1 heterocycles. The number of benzene rings is 2. The number of ketones is 2. The molecule has 2 aromatic carbocycles. The van der Waals surface area contributed by atoms with Crippen LogP contribution in [0.25, 0.3) is 0 Å². The summed E-state index contributed by atoms with van der Waals surface area (Å²) in [5, 5.41) is 22.3. The molecule has 0 aromatic heterocycles. The Morgan fingerprint density at radius 1 is 1.00 bits per heavy atom. The fourth-order valence-electron chi connectivity index (χ4n) is 5.89. The van der Waals surface area contributed by atoms with Crippen LogP contribution in [0.15, 0.2) is 65.0 Å². The molecular formula is C29H30N2O6. The summed E-state index contributed by atoms with van der Waals surface area (Å²) in [6.07, 6.45) is 4.37. The maximum absolute atomic E-state index is 13.5. The Kier molecular flexibility index (Phi) is 6.82. The number of phenols is 1. The van der Waals surface area contributed by atoms with Crippen LogP contribution in [0.3, 0.4) is 0 Å². The molecule has 0 bridgehead atoms. The van der Waals surface area contributed by atoms with Crippen LogP contribution in [0, 0.1) is 10.1 Å². The van der Waals surface area contributed by atoms with Crippen LogP contribution in [0.5, 0.6) is 11.5 Å². The highest BCUT2D eigenvalue weighted by atomic mass is 16.6. The van der Waals surface area contributed by atoms with Gasteiger partial charge in [-0.1, -0.05) is 30.3 Å². The number of phenolic OH excluding ortho intramolecular Hbond substituents is 1. The van der Waals surface area contributed by atoms with Crippen molar-refractivity contribution in [3.63, 3.8) is 0 Å². The van der Waals surface area contributed by atoms with Gasteiger partial charge in [-0.15, -0.1) is 0 Å². The number of hydrogen-bond donors (Lipinski definition) is 1. The summed E-state index contributed by atoms with van der Waals surface area (Å²) < 4.78 is 5.53. The van der Waals surface area contributed by atoms with Crippen molar-refractivity contribution in [1.29, 1.82) is 0 Å². The molecular weight excluding hydrogens is 472 g/mol. The van der Waals surface area contributed by atoms with Crippen LogP contribution >= 0.6 is 0 Å². The maximum atomic E-state index is 13.5. The van der Waals surface area contributed by atoms with E-state index in [1.54, 1.807) is 13.0 Å². The maximum Gasteiger partial charge on any atom is 0.314 e. The molecule has 1 N–H and O–H groups in total. The van der Waals surface area contributed by atoms with Crippen molar-refractivity contribution in [2.24, 2.45) is 0 Å². The molecule has 8 heteroatoms. The smallest absolute Gasteiger partial charge is 0.314 e. The third-order valence-corrected chi connectivity index (χ3v) is 7.46. The first-order valence-corrected chi connectivity index (χ1v) is 12.9. The van der Waals surface area contributed by atoms with Crippen LogP contribution < -0.4 is 4.74 Å². The summed E-state index contributed by atoms with van der Waals surface area (Å²) in [7, 11) is 0. The molecule has 0 radical (unpaired) electrons. The largest absolute Gasteiger partial charge is 0.500 e. The summed E-state index contributed by atoms with van der Waals surface area (Å²) in [4.78, 5) is 40.3. The monoisotopic (exact) mass is 502 g/mol. The van der Waals surface area contributed by atoms with Crippen molar-refractivity contribution in [2.75, 3.05) is 13.2 Å². The number of carbonyl (C=O) groups excluding carboxylic acids is 2. The van der Waals surface area contributed by atoms with Crippen molar-refractivity contribution in [1.82, 2.24) is 4.90 Å². The lowest BCUT2D eigenvalue weighted by Gasteiger charge is -2.44. The van der Waals surface area contributed by atoms with E-state index in [2.05, 4.69) is 17.0 Å². The van der Waals surface area contributed by atoms with Gasteiger partial charge < -0.3 is 14.7 Å².